The van der Waals surface area contributed by atoms with Gasteiger partial charge in [0.05, 0.1) is 33.9 Å². The molecular formula is C90H126N10O4. The first kappa shape index (κ1) is 82.9. The van der Waals surface area contributed by atoms with Crippen molar-refractivity contribution >= 4 is 75.0 Å². The van der Waals surface area contributed by atoms with E-state index in [4.69, 9.17) is 19.8 Å². The molecule has 1 aromatic heterocycles. The number of ketones is 1. The number of carbonyl (C=O) groups is 3. The van der Waals surface area contributed by atoms with Crippen LogP contribution in [0.3, 0.4) is 0 Å². The van der Waals surface area contributed by atoms with Gasteiger partial charge in [-0.1, -0.05) is 253 Å². The van der Waals surface area contributed by atoms with Crippen LogP contribution in [0.4, 0.5) is 28.4 Å². The lowest BCUT2D eigenvalue weighted by Gasteiger charge is -2.33. The molecule has 2 aliphatic heterocycles. The second-order valence-corrected chi connectivity index (χ2v) is 31.7. The fraction of sp³-hybridized carbons (Fsp3) is 0.522. The molecule has 0 radical (unpaired) electrons. The Morgan fingerprint density at radius 3 is 1.62 bits per heavy atom. The number of unbranched alkanes of at least 4 members (excludes halogenated alkanes) is 4. The number of anilines is 3. The third-order valence-corrected chi connectivity index (χ3v) is 20.6. The minimum Gasteiger partial charge on any atom is -0.371 e. The summed E-state index contributed by atoms with van der Waals surface area (Å²) >= 11 is 0. The molecule has 1 amide bonds. The topological polar surface area (TPSA) is 159 Å². The molecule has 9 rings (SSSR count). The van der Waals surface area contributed by atoms with Crippen LogP contribution in [0, 0.1) is 49.9 Å². The van der Waals surface area contributed by atoms with E-state index >= 15 is 0 Å². The first-order chi connectivity index (χ1) is 49.7. The van der Waals surface area contributed by atoms with E-state index in [-0.39, 0.29) is 28.2 Å². The molecular weight excluding hydrogens is 1290 g/mol. The van der Waals surface area contributed by atoms with Crippen molar-refractivity contribution in [2.45, 2.75) is 253 Å². The number of aromatic nitrogens is 3. The number of oxime groups is 1. The van der Waals surface area contributed by atoms with Crippen molar-refractivity contribution in [2.75, 3.05) is 41.3 Å². The third kappa shape index (κ3) is 23.3. The molecule has 14 nitrogen and oxygen atoms in total. The molecule has 104 heavy (non-hydrogen) atoms. The van der Waals surface area contributed by atoms with E-state index < -0.39 is 5.91 Å². The number of benzene rings is 5. The summed E-state index contributed by atoms with van der Waals surface area (Å²) in [7, 11) is 0. The number of allylic oxidation sites excluding steroid dienone is 1. The predicted octanol–water partition coefficient (Wildman–Crippen LogP) is 23.1. The van der Waals surface area contributed by atoms with Crippen LogP contribution in [0.5, 0.6) is 0 Å². The van der Waals surface area contributed by atoms with Crippen LogP contribution in [0.25, 0.3) is 6.08 Å². The summed E-state index contributed by atoms with van der Waals surface area (Å²) in [5.41, 5.74) is 15.1. The van der Waals surface area contributed by atoms with Crippen molar-refractivity contribution in [1.29, 1.82) is 0 Å². The van der Waals surface area contributed by atoms with Crippen molar-refractivity contribution in [3.8, 4) is 0 Å². The maximum Gasteiger partial charge on any atom is 0.367 e. The van der Waals surface area contributed by atoms with Crippen LogP contribution in [-0.4, -0.2) is 81.6 Å². The Bertz CT molecular complexity index is 3960. The number of rotatable bonds is 32. The summed E-state index contributed by atoms with van der Waals surface area (Å²) in [6.07, 6.45) is 24.0. The van der Waals surface area contributed by atoms with Crippen molar-refractivity contribution in [1.82, 2.24) is 14.9 Å². The molecule has 0 bridgehead atoms. The van der Waals surface area contributed by atoms with Crippen molar-refractivity contribution < 1.29 is 19.2 Å². The third-order valence-electron chi connectivity index (χ3n) is 20.6. The number of hydrogen-bond acceptors (Lipinski definition) is 12. The molecule has 1 N–H and O–H groups in total. The Balaban J connectivity index is 0.000000219. The highest BCUT2D eigenvalue weighted by Gasteiger charge is 2.35. The number of fused-ring (bicyclic) bond motifs is 2. The number of hydrogen-bond donors (Lipinski definition) is 1. The highest BCUT2D eigenvalue weighted by Crippen LogP contribution is 2.34. The summed E-state index contributed by atoms with van der Waals surface area (Å²) in [5, 5.41) is 16.0. The van der Waals surface area contributed by atoms with Gasteiger partial charge in [0.1, 0.15) is 11.4 Å². The van der Waals surface area contributed by atoms with Crippen molar-refractivity contribution in [2.24, 2.45) is 49.3 Å². The minimum absolute atomic E-state index is 0.0829. The Labute approximate surface area is 625 Å². The summed E-state index contributed by atoms with van der Waals surface area (Å²) in [6, 6.07) is 36.5. The van der Waals surface area contributed by atoms with E-state index in [0.29, 0.717) is 28.5 Å². The Morgan fingerprint density at radius 1 is 0.606 bits per heavy atom. The normalized spacial score (nSPS) is 15.8. The van der Waals surface area contributed by atoms with Gasteiger partial charge in [0.25, 0.3) is 5.91 Å². The van der Waals surface area contributed by atoms with E-state index in [9.17, 15) is 14.4 Å². The van der Waals surface area contributed by atoms with Gasteiger partial charge in [-0.05, 0) is 172 Å². The van der Waals surface area contributed by atoms with E-state index in [0.717, 1.165) is 112 Å². The van der Waals surface area contributed by atoms with Gasteiger partial charge in [-0.3, -0.25) is 9.59 Å². The zero-order valence-electron chi connectivity index (χ0n) is 67.2. The molecule has 6 aromatic rings. The first-order valence-electron chi connectivity index (χ1n) is 39.4. The van der Waals surface area contributed by atoms with Gasteiger partial charge >= 0.3 is 5.97 Å². The Kier molecular flexibility index (Phi) is 31.6. The summed E-state index contributed by atoms with van der Waals surface area (Å²) in [6.45, 7) is 48.0. The van der Waals surface area contributed by atoms with E-state index in [2.05, 4.69) is 203 Å². The maximum absolute atomic E-state index is 13.1. The molecule has 1 aliphatic carbocycles. The Morgan fingerprint density at radius 2 is 1.13 bits per heavy atom. The molecule has 4 atom stereocenters. The van der Waals surface area contributed by atoms with Crippen LogP contribution < -0.4 is 15.1 Å². The van der Waals surface area contributed by atoms with E-state index in [1.54, 1.807) is 23.0 Å². The van der Waals surface area contributed by atoms with E-state index in [1.165, 1.54) is 125 Å². The molecule has 4 unspecified atom stereocenters. The van der Waals surface area contributed by atoms with Gasteiger partial charge in [-0.2, -0.15) is 5.10 Å². The molecule has 14 heteroatoms. The van der Waals surface area contributed by atoms with Gasteiger partial charge in [0.15, 0.2) is 11.6 Å². The van der Waals surface area contributed by atoms with Crippen LogP contribution in [0.1, 0.15) is 282 Å². The standard InChI is InChI=1S/C31H50N6.C31H50N2O2.C28H26N2O2/c1-9-13-15-24(11-3)21-36(22-25(12-4)16-14-10-2)27-19-17-26(18-20-27)32-28-23(5)34-37-29(28)33-30(35-37)31(6,7)8;1-9-13-15-24(11-3)21-33(22-25(12-4)16-14-10-2)27-18-17-26(23(5)19-27)20-28-29(31(6,7)8)32-35-30(28)34;1-17(2)20-11-14-25(19(4)15-20)30-26-16-24(27(31)23-8-6-5-7-22(23)26)28(32)29-21-12-9-18(3)10-13-21/h17-20,24-25H,9-16,21-22H2,1-8H3;17-20,24-25H,9-16,21-22H2,1-8H3;5-17H,1-4H3,(H,29,32)/b;28-20-;. The lowest BCUT2D eigenvalue weighted by atomic mass is 9.85. The quantitative estimate of drug-likeness (QED) is 0.0248. The molecule has 0 saturated carbocycles. The zero-order valence-corrected chi connectivity index (χ0v) is 67.2. The number of Topliss-reactive ketones (excluding diaryl/α,β-unsaturated/α-hetero) is 1. The Hall–Kier alpha value is -8.39. The molecule has 0 spiro atoms. The van der Waals surface area contributed by atoms with Gasteiger partial charge in [-0.15, -0.1) is 9.89 Å². The fourth-order valence-corrected chi connectivity index (χ4v) is 13.5. The predicted molar refractivity (Wildman–Crippen MR) is 440 cm³/mol. The molecule has 5 aromatic carbocycles. The van der Waals surface area contributed by atoms with E-state index in [1.807, 2.05) is 69.3 Å². The van der Waals surface area contributed by atoms with Crippen LogP contribution in [-0.2, 0) is 19.8 Å². The number of carbonyl (C=O) groups excluding carboxylic acids is 3. The van der Waals surface area contributed by atoms with Gasteiger partial charge in [-0.25, -0.2) is 19.8 Å². The highest BCUT2D eigenvalue weighted by molar-refractivity contribution is 6.48. The van der Waals surface area contributed by atoms with Gasteiger partial charge < -0.3 is 20.0 Å². The molecule has 0 saturated heterocycles. The first-order valence-corrected chi connectivity index (χ1v) is 39.4. The van der Waals surface area contributed by atoms with Crippen LogP contribution in [0.15, 0.2) is 147 Å². The molecule has 0 fully saturated rings. The number of amides is 1. The zero-order chi connectivity index (χ0) is 75.8. The van der Waals surface area contributed by atoms with Crippen LogP contribution in [0.2, 0.25) is 0 Å². The van der Waals surface area contributed by atoms with Gasteiger partial charge in [0, 0.05) is 65.2 Å². The monoisotopic (exact) mass is 1410 g/mol. The second-order valence-electron chi connectivity index (χ2n) is 31.7. The smallest absolute Gasteiger partial charge is 0.367 e. The maximum atomic E-state index is 13.1. The average Bonchev–Trinajstić information content (AvgIpc) is 1.59. The molecule has 3 aliphatic rings. The summed E-state index contributed by atoms with van der Waals surface area (Å²) in [4.78, 5) is 65.0. The fourth-order valence-electron chi connectivity index (χ4n) is 13.5. The number of aryl methyl sites for hydroxylation is 3. The van der Waals surface area contributed by atoms with Crippen molar-refractivity contribution in [3.63, 3.8) is 0 Å². The number of nitrogens with one attached hydrogen (secondary N) is 1. The summed E-state index contributed by atoms with van der Waals surface area (Å²) in [5.74, 6) is 3.79. The van der Waals surface area contributed by atoms with Crippen molar-refractivity contribution in [3.05, 3.63) is 177 Å². The van der Waals surface area contributed by atoms with Crippen LogP contribution >= 0.6 is 0 Å². The SMILES string of the molecule is CCCCC(CC)CN(CC(CC)CCCC)c1ccc(/C=C2\C(=O)ON=C2C(C)(C)C)c(C)c1.CCCCC(CC)CN(CC(CC)CCCC)c1ccc(N=C2C(C)=Nn3nc(C(C)(C)C)nc32)cc1.Cc1ccc(NC(=O)C2=CC(=Nc3ccc(C(C)C)cc3C)c3ccccc3C2=O)cc1. The summed E-state index contributed by atoms with van der Waals surface area (Å²) < 4.78 is 0. The number of nitrogens with zero attached hydrogens (tertiary/aromatic N) is 9. The second kappa shape index (κ2) is 39.6. The molecule has 560 valence electrons. The van der Waals surface area contributed by atoms with Gasteiger partial charge in [0.2, 0.25) is 5.82 Å². The molecule has 3 heterocycles. The average molecular weight is 1410 g/mol. The largest absolute Gasteiger partial charge is 0.371 e. The lowest BCUT2D eigenvalue weighted by Crippen LogP contribution is -2.34. The minimum atomic E-state index is -0.437. The lowest BCUT2D eigenvalue weighted by molar-refractivity contribution is -0.136. The highest BCUT2D eigenvalue weighted by atomic mass is 16.7. The number of aliphatic imine (C=N–C) groups is 2.